The van der Waals surface area contributed by atoms with E-state index in [4.69, 9.17) is 10.00 Å². The normalized spacial score (nSPS) is 27.9. The first-order valence-corrected chi connectivity index (χ1v) is 7.79. The zero-order valence-corrected chi connectivity index (χ0v) is 12.2. The van der Waals surface area contributed by atoms with Crippen LogP contribution >= 0.6 is 0 Å². The molecule has 2 heteroatoms. The Morgan fingerprint density at radius 1 is 1.11 bits per heavy atom. The van der Waals surface area contributed by atoms with Gasteiger partial charge >= 0.3 is 0 Å². The van der Waals surface area contributed by atoms with Gasteiger partial charge in [-0.1, -0.05) is 46.0 Å². The van der Waals surface area contributed by atoms with Gasteiger partial charge in [-0.15, -0.1) is 0 Å². The first-order valence-electron chi connectivity index (χ1n) is 7.79. The van der Waals surface area contributed by atoms with Gasteiger partial charge in [0.25, 0.3) is 0 Å². The number of rotatable bonds is 8. The second kappa shape index (κ2) is 9.39. The maximum absolute atomic E-state index is 9.12. The van der Waals surface area contributed by atoms with Crippen molar-refractivity contribution in [2.45, 2.75) is 77.7 Å². The van der Waals surface area contributed by atoms with Crippen LogP contribution in [0.3, 0.4) is 0 Å². The molecule has 0 heterocycles. The molecular formula is C16H29NO. The van der Waals surface area contributed by atoms with Gasteiger partial charge in [-0.2, -0.15) is 5.26 Å². The summed E-state index contributed by atoms with van der Waals surface area (Å²) in [4.78, 5) is 0. The predicted molar refractivity (Wildman–Crippen MR) is 75.2 cm³/mol. The Morgan fingerprint density at radius 2 is 1.83 bits per heavy atom. The van der Waals surface area contributed by atoms with Crippen LogP contribution in [0.2, 0.25) is 0 Å². The molecule has 0 amide bonds. The molecule has 0 saturated heterocycles. The highest BCUT2D eigenvalue weighted by Gasteiger charge is 2.28. The van der Waals surface area contributed by atoms with Gasteiger partial charge in [0, 0.05) is 6.61 Å². The average molecular weight is 251 g/mol. The lowest BCUT2D eigenvalue weighted by Crippen LogP contribution is -2.30. The van der Waals surface area contributed by atoms with E-state index in [-0.39, 0.29) is 12.0 Å². The Hall–Kier alpha value is -0.550. The molecule has 0 aromatic carbocycles. The Balaban J connectivity index is 2.07. The van der Waals surface area contributed by atoms with Crippen molar-refractivity contribution in [3.8, 4) is 6.07 Å². The lowest BCUT2D eigenvalue weighted by atomic mass is 9.81. The van der Waals surface area contributed by atoms with Crippen LogP contribution in [-0.2, 0) is 4.74 Å². The summed E-state index contributed by atoms with van der Waals surface area (Å²) in [6.45, 7) is 5.37. The topological polar surface area (TPSA) is 33.0 Å². The monoisotopic (exact) mass is 251 g/mol. The molecule has 1 fully saturated rings. The van der Waals surface area contributed by atoms with Crippen molar-refractivity contribution < 1.29 is 4.74 Å². The summed E-state index contributed by atoms with van der Waals surface area (Å²) in [5.74, 6) is 0.866. The molecule has 3 unspecified atom stereocenters. The van der Waals surface area contributed by atoms with E-state index in [1.54, 1.807) is 0 Å². The molecule has 1 saturated carbocycles. The van der Waals surface area contributed by atoms with E-state index in [2.05, 4.69) is 19.9 Å². The fourth-order valence-corrected chi connectivity index (χ4v) is 2.78. The van der Waals surface area contributed by atoms with E-state index in [1.165, 1.54) is 38.5 Å². The molecule has 0 aliphatic heterocycles. The summed E-state index contributed by atoms with van der Waals surface area (Å²) in [6.07, 6.45) is 11.3. The highest BCUT2D eigenvalue weighted by Crippen LogP contribution is 2.30. The molecule has 2 nitrogen and oxygen atoms in total. The van der Waals surface area contributed by atoms with Crippen molar-refractivity contribution in [3.63, 3.8) is 0 Å². The molecule has 104 valence electrons. The molecule has 3 atom stereocenters. The van der Waals surface area contributed by atoms with Crippen LogP contribution in [0.4, 0.5) is 0 Å². The summed E-state index contributed by atoms with van der Waals surface area (Å²) in [6, 6.07) is 2.42. The number of hydrogen-bond acceptors (Lipinski definition) is 2. The van der Waals surface area contributed by atoms with E-state index >= 15 is 0 Å². The minimum Gasteiger partial charge on any atom is -0.377 e. The molecular weight excluding hydrogens is 222 g/mol. The summed E-state index contributed by atoms with van der Waals surface area (Å²) in [7, 11) is 0. The van der Waals surface area contributed by atoms with Crippen LogP contribution in [0.15, 0.2) is 0 Å². The van der Waals surface area contributed by atoms with Gasteiger partial charge < -0.3 is 4.74 Å². The molecule has 1 aliphatic rings. The van der Waals surface area contributed by atoms with Crippen molar-refractivity contribution >= 4 is 0 Å². The first kappa shape index (κ1) is 15.5. The highest BCUT2D eigenvalue weighted by molar-refractivity contribution is 4.93. The van der Waals surface area contributed by atoms with Crippen LogP contribution in [0.5, 0.6) is 0 Å². The number of ether oxygens (including phenoxy) is 1. The molecule has 0 radical (unpaired) electrons. The molecule has 0 aromatic rings. The smallest absolute Gasteiger partial charge is 0.0735 e. The van der Waals surface area contributed by atoms with Gasteiger partial charge in [0.15, 0.2) is 0 Å². The Bertz CT molecular complexity index is 246. The molecule has 0 bridgehead atoms. The SMILES string of the molecule is CCCCCCCCOC1CC(C)CCC1C#N. The number of nitriles is 1. The molecule has 0 aromatic heterocycles. The Morgan fingerprint density at radius 3 is 2.56 bits per heavy atom. The predicted octanol–water partition coefficient (Wildman–Crippen LogP) is 4.69. The maximum Gasteiger partial charge on any atom is 0.0735 e. The van der Waals surface area contributed by atoms with Crippen LogP contribution in [0.25, 0.3) is 0 Å². The first-order chi connectivity index (χ1) is 8.77. The quantitative estimate of drug-likeness (QED) is 0.586. The van der Waals surface area contributed by atoms with E-state index in [0.29, 0.717) is 0 Å². The second-order valence-electron chi connectivity index (χ2n) is 5.83. The highest BCUT2D eigenvalue weighted by atomic mass is 16.5. The Labute approximate surface area is 113 Å². The molecule has 1 rings (SSSR count). The Kier molecular flexibility index (Phi) is 8.09. The minimum absolute atomic E-state index is 0.140. The third-order valence-corrected chi connectivity index (χ3v) is 4.05. The third kappa shape index (κ3) is 5.87. The van der Waals surface area contributed by atoms with Gasteiger partial charge in [0.1, 0.15) is 0 Å². The van der Waals surface area contributed by atoms with Crippen LogP contribution in [0, 0.1) is 23.2 Å². The van der Waals surface area contributed by atoms with E-state index in [0.717, 1.165) is 31.8 Å². The van der Waals surface area contributed by atoms with Crippen LogP contribution in [-0.4, -0.2) is 12.7 Å². The average Bonchev–Trinajstić information content (AvgIpc) is 2.38. The maximum atomic E-state index is 9.12. The zero-order valence-electron chi connectivity index (χ0n) is 12.2. The van der Waals surface area contributed by atoms with Crippen molar-refractivity contribution in [1.82, 2.24) is 0 Å². The standard InChI is InChI=1S/C16H29NO/c1-3-4-5-6-7-8-11-18-16-12-14(2)9-10-15(16)13-17/h14-16H,3-12H2,1-2H3. The minimum atomic E-state index is 0.140. The largest absolute Gasteiger partial charge is 0.377 e. The fraction of sp³-hybridized carbons (Fsp3) is 0.938. The summed E-state index contributed by atoms with van der Waals surface area (Å²) in [5.41, 5.74) is 0. The molecule has 0 spiro atoms. The third-order valence-electron chi connectivity index (χ3n) is 4.05. The van der Waals surface area contributed by atoms with Gasteiger partial charge in [-0.25, -0.2) is 0 Å². The summed E-state index contributed by atoms with van der Waals surface area (Å²) in [5, 5.41) is 9.12. The lowest BCUT2D eigenvalue weighted by molar-refractivity contribution is -0.00862. The summed E-state index contributed by atoms with van der Waals surface area (Å²) >= 11 is 0. The number of hydrogen-bond donors (Lipinski definition) is 0. The second-order valence-corrected chi connectivity index (χ2v) is 5.83. The van der Waals surface area contributed by atoms with E-state index < -0.39 is 0 Å². The van der Waals surface area contributed by atoms with Crippen molar-refractivity contribution in [1.29, 1.82) is 5.26 Å². The number of nitrogens with zero attached hydrogens (tertiary/aromatic N) is 1. The molecule has 1 aliphatic carbocycles. The van der Waals surface area contributed by atoms with Crippen LogP contribution < -0.4 is 0 Å². The van der Waals surface area contributed by atoms with Gasteiger partial charge in [0.05, 0.1) is 18.1 Å². The lowest BCUT2D eigenvalue weighted by Gasteiger charge is -2.30. The van der Waals surface area contributed by atoms with Crippen LogP contribution in [0.1, 0.15) is 71.6 Å². The zero-order chi connectivity index (χ0) is 13.2. The van der Waals surface area contributed by atoms with E-state index in [1.807, 2.05) is 0 Å². The van der Waals surface area contributed by atoms with Gasteiger partial charge in [-0.05, 0) is 31.6 Å². The molecule has 0 N–H and O–H groups in total. The fourth-order valence-electron chi connectivity index (χ4n) is 2.78. The van der Waals surface area contributed by atoms with Crippen molar-refractivity contribution in [3.05, 3.63) is 0 Å². The van der Waals surface area contributed by atoms with Crippen molar-refractivity contribution in [2.24, 2.45) is 11.8 Å². The van der Waals surface area contributed by atoms with Gasteiger partial charge in [0.2, 0.25) is 0 Å². The van der Waals surface area contributed by atoms with Gasteiger partial charge in [-0.3, -0.25) is 0 Å². The van der Waals surface area contributed by atoms with E-state index in [9.17, 15) is 0 Å². The summed E-state index contributed by atoms with van der Waals surface area (Å²) < 4.78 is 5.94. The molecule has 18 heavy (non-hydrogen) atoms. The van der Waals surface area contributed by atoms with Crippen molar-refractivity contribution in [2.75, 3.05) is 6.61 Å². The number of unbranched alkanes of at least 4 members (excludes halogenated alkanes) is 5.